The fourth-order valence-electron chi connectivity index (χ4n) is 2.73. The quantitative estimate of drug-likeness (QED) is 0.258. The third-order valence-corrected chi connectivity index (χ3v) is 5.35. The van der Waals surface area contributed by atoms with Crippen molar-refractivity contribution in [2.75, 3.05) is 0 Å². The molecule has 0 unspecified atom stereocenters. The Morgan fingerprint density at radius 1 is 1.05 bits per heavy atom. The molecule has 0 N–H and O–H groups in total. The Morgan fingerprint density at radius 2 is 1.59 bits per heavy atom. The van der Waals surface area contributed by atoms with Crippen LogP contribution in [0.4, 0.5) is 0 Å². The van der Waals surface area contributed by atoms with Gasteiger partial charge < -0.3 is 9.29 Å². The summed E-state index contributed by atoms with van der Waals surface area (Å²) in [6.45, 7) is 2.17. The molecule has 0 spiro atoms. The van der Waals surface area contributed by atoms with E-state index >= 15 is 0 Å². The molecule has 1 saturated carbocycles. The number of carbonyl (C=O) groups excluding carboxylic acids is 1. The van der Waals surface area contributed by atoms with Crippen molar-refractivity contribution in [3.8, 4) is 0 Å². The van der Waals surface area contributed by atoms with Crippen LogP contribution in [0.25, 0.3) is 0 Å². The summed E-state index contributed by atoms with van der Waals surface area (Å²) in [7, 11) is -4.19. The number of hydrogen-bond donors (Lipinski definition) is 0. The second kappa shape index (κ2) is 11.8. The third kappa shape index (κ3) is 9.50. The largest absolute Gasteiger partial charge is 1.00 e. The zero-order valence-electron chi connectivity index (χ0n) is 13.9. The predicted molar refractivity (Wildman–Crippen MR) is 79.8 cm³/mol. The van der Waals surface area contributed by atoms with Gasteiger partial charge in [-0.05, 0) is 32.1 Å². The smallest absolute Gasteiger partial charge is 0.748 e. The van der Waals surface area contributed by atoms with E-state index in [2.05, 4.69) is 6.92 Å². The first-order chi connectivity index (χ1) is 9.93. The van der Waals surface area contributed by atoms with E-state index in [0.29, 0.717) is 32.1 Å². The molecule has 0 saturated heterocycles. The van der Waals surface area contributed by atoms with Gasteiger partial charge in [-0.1, -0.05) is 39.0 Å². The van der Waals surface area contributed by atoms with Gasteiger partial charge in [-0.25, -0.2) is 8.42 Å². The molecule has 22 heavy (non-hydrogen) atoms. The molecule has 0 heterocycles. The van der Waals surface area contributed by atoms with Gasteiger partial charge in [0.2, 0.25) is 0 Å². The summed E-state index contributed by atoms with van der Waals surface area (Å²) in [6, 6.07) is 0. The molecule has 1 fully saturated rings. The number of esters is 1. The van der Waals surface area contributed by atoms with E-state index in [1.165, 1.54) is 19.3 Å². The summed E-state index contributed by atoms with van der Waals surface area (Å²) in [6.07, 6.45) is 8.54. The normalized spacial score (nSPS) is 21.9. The van der Waals surface area contributed by atoms with Crippen molar-refractivity contribution < 1.29 is 52.1 Å². The van der Waals surface area contributed by atoms with Crippen LogP contribution in [0.3, 0.4) is 0 Å². The fourth-order valence-corrected chi connectivity index (χ4v) is 3.58. The predicted octanol–water partition coefficient (Wildman–Crippen LogP) is 0.141. The van der Waals surface area contributed by atoms with E-state index in [4.69, 9.17) is 4.74 Å². The third-order valence-electron chi connectivity index (χ3n) is 4.06. The van der Waals surface area contributed by atoms with E-state index < -0.39 is 15.4 Å². The molecule has 124 valence electrons. The van der Waals surface area contributed by atoms with Gasteiger partial charge in [0.15, 0.2) is 0 Å². The number of hydrogen-bond acceptors (Lipinski definition) is 5. The molecule has 0 bridgehead atoms. The van der Waals surface area contributed by atoms with E-state index in [9.17, 15) is 17.8 Å². The summed E-state index contributed by atoms with van der Waals surface area (Å²) in [5.74, 6) is -0.195. The first-order valence-electron chi connectivity index (χ1n) is 8.07. The number of ether oxygens (including phenoxy) is 1. The molecule has 5 nitrogen and oxygen atoms in total. The van der Waals surface area contributed by atoms with Crippen molar-refractivity contribution in [3.63, 3.8) is 0 Å². The van der Waals surface area contributed by atoms with Crippen molar-refractivity contribution >= 4 is 16.1 Å². The van der Waals surface area contributed by atoms with Crippen molar-refractivity contribution in [1.82, 2.24) is 0 Å². The molecule has 0 aromatic carbocycles. The van der Waals surface area contributed by atoms with Gasteiger partial charge in [0, 0.05) is 11.7 Å². The first kappa shape index (κ1) is 22.4. The number of rotatable bonds is 9. The minimum atomic E-state index is -4.19. The van der Waals surface area contributed by atoms with E-state index in [1.807, 2.05) is 0 Å². The Kier molecular flexibility index (Phi) is 12.0. The zero-order chi connectivity index (χ0) is 15.7. The summed E-state index contributed by atoms with van der Waals surface area (Å²) in [5.41, 5.74) is 0. The van der Waals surface area contributed by atoms with Gasteiger partial charge in [0.05, 0.1) is 10.1 Å². The number of unbranched alkanes of at least 4 members (excludes halogenated alkanes) is 5. The summed E-state index contributed by atoms with van der Waals surface area (Å²) < 4.78 is 38.0. The SMILES string of the molecule is CCCCCCCCC(=O)OC1CCC(S(=O)(=O)[O-])CC1.[Na+]. The molecule has 0 aromatic heterocycles. The zero-order valence-corrected chi connectivity index (χ0v) is 16.7. The van der Waals surface area contributed by atoms with E-state index in [-0.39, 0.29) is 41.6 Å². The minimum Gasteiger partial charge on any atom is -0.748 e. The Bertz CT molecular complexity index is 402. The second-order valence-electron chi connectivity index (χ2n) is 5.90. The topological polar surface area (TPSA) is 83.5 Å². The van der Waals surface area contributed by atoms with E-state index in [1.54, 1.807) is 0 Å². The molecule has 0 amide bonds. The Balaban J connectivity index is 0.00000441. The van der Waals surface area contributed by atoms with Crippen molar-refractivity contribution in [2.45, 2.75) is 88.9 Å². The molecule has 0 aliphatic heterocycles. The monoisotopic (exact) mass is 342 g/mol. The van der Waals surface area contributed by atoms with Crippen LogP contribution in [0, 0.1) is 0 Å². The van der Waals surface area contributed by atoms with Crippen LogP contribution in [0.5, 0.6) is 0 Å². The average molecular weight is 342 g/mol. The van der Waals surface area contributed by atoms with Crippen molar-refractivity contribution in [2.24, 2.45) is 0 Å². The number of carbonyl (C=O) groups is 1. The molecule has 7 heteroatoms. The summed E-state index contributed by atoms with van der Waals surface area (Å²) >= 11 is 0. The fraction of sp³-hybridized carbons (Fsp3) is 0.933. The van der Waals surface area contributed by atoms with Gasteiger partial charge in [0.25, 0.3) is 0 Å². The molecular weight excluding hydrogens is 315 g/mol. The van der Waals surface area contributed by atoms with Crippen LogP contribution >= 0.6 is 0 Å². The van der Waals surface area contributed by atoms with Crippen LogP contribution in [0.2, 0.25) is 0 Å². The average Bonchev–Trinajstić information content (AvgIpc) is 2.42. The maximum Gasteiger partial charge on any atom is 1.00 e. The van der Waals surface area contributed by atoms with Gasteiger partial charge in [-0.15, -0.1) is 0 Å². The van der Waals surface area contributed by atoms with Gasteiger partial charge in [0.1, 0.15) is 6.10 Å². The van der Waals surface area contributed by atoms with E-state index in [0.717, 1.165) is 19.3 Å². The van der Waals surface area contributed by atoms with Crippen molar-refractivity contribution in [3.05, 3.63) is 0 Å². The van der Waals surface area contributed by atoms with Crippen LogP contribution in [-0.4, -0.2) is 30.3 Å². The summed E-state index contributed by atoms with van der Waals surface area (Å²) in [5, 5.41) is -0.800. The van der Waals surface area contributed by atoms with Gasteiger partial charge >= 0.3 is 35.5 Å². The maximum absolute atomic E-state index is 11.7. The van der Waals surface area contributed by atoms with Crippen LogP contribution in [-0.2, 0) is 19.6 Å². The molecule has 1 aliphatic carbocycles. The second-order valence-corrected chi connectivity index (χ2v) is 7.55. The minimum absolute atomic E-state index is 0. The van der Waals surface area contributed by atoms with Gasteiger partial charge in [-0.3, -0.25) is 4.79 Å². The molecular formula is C15H27NaO5S. The van der Waals surface area contributed by atoms with Crippen LogP contribution < -0.4 is 29.6 Å². The maximum atomic E-state index is 11.7. The molecule has 0 atom stereocenters. The van der Waals surface area contributed by atoms with Crippen molar-refractivity contribution in [1.29, 1.82) is 0 Å². The molecule has 0 radical (unpaired) electrons. The first-order valence-corrected chi connectivity index (χ1v) is 9.54. The van der Waals surface area contributed by atoms with Crippen LogP contribution in [0.1, 0.15) is 77.6 Å². The standard InChI is InChI=1S/C15H28O5S.Na/c1-2-3-4-5-6-7-8-15(16)20-13-9-11-14(12-10-13)21(17,18)19;/h13-14H,2-12H2,1H3,(H,17,18,19);/q;+1/p-1. The Hall–Kier alpha value is 0.380. The molecule has 0 aromatic rings. The van der Waals surface area contributed by atoms with Crippen LogP contribution in [0.15, 0.2) is 0 Å². The molecule has 1 aliphatic rings. The summed E-state index contributed by atoms with van der Waals surface area (Å²) in [4.78, 5) is 11.7. The Morgan fingerprint density at radius 3 is 2.14 bits per heavy atom. The molecule has 1 rings (SSSR count). The van der Waals surface area contributed by atoms with Gasteiger partial charge in [-0.2, -0.15) is 0 Å². The Labute approximate surface area is 156 Å².